The first-order valence-electron chi connectivity index (χ1n) is 6.57. The van der Waals surface area contributed by atoms with Crippen LogP contribution in [0.5, 0.6) is 11.5 Å². The van der Waals surface area contributed by atoms with E-state index in [9.17, 15) is 4.79 Å². The van der Waals surface area contributed by atoms with Gasteiger partial charge in [0.2, 0.25) is 0 Å². The normalized spacial score (nSPS) is 19.3. The monoisotopic (exact) mass is 281 g/mol. The van der Waals surface area contributed by atoms with E-state index >= 15 is 0 Å². The fourth-order valence-corrected chi connectivity index (χ4v) is 2.61. The lowest BCUT2D eigenvalue weighted by Crippen LogP contribution is -2.38. The first kappa shape index (κ1) is 12.6. The number of amides is 1. The van der Waals surface area contributed by atoms with Crippen molar-refractivity contribution in [2.24, 2.45) is 0 Å². The van der Waals surface area contributed by atoms with Crippen molar-refractivity contribution in [2.75, 3.05) is 26.3 Å². The summed E-state index contributed by atoms with van der Waals surface area (Å²) in [7, 11) is 0. The van der Waals surface area contributed by atoms with Crippen LogP contribution in [0.15, 0.2) is 18.2 Å². The Morgan fingerprint density at radius 2 is 1.84 bits per heavy atom. The first-order valence-corrected chi connectivity index (χ1v) is 7.00. The maximum atomic E-state index is 12.4. The number of hydrogen-bond donors (Lipinski definition) is 0. The van der Waals surface area contributed by atoms with Gasteiger partial charge < -0.3 is 14.4 Å². The van der Waals surface area contributed by atoms with E-state index in [2.05, 4.69) is 0 Å². The molecule has 2 heterocycles. The molecule has 102 valence electrons. The molecule has 1 aromatic carbocycles. The van der Waals surface area contributed by atoms with Crippen LogP contribution in [0, 0.1) is 0 Å². The number of hydrogen-bond acceptors (Lipinski definition) is 3. The number of ether oxygens (including phenoxy) is 2. The van der Waals surface area contributed by atoms with Crippen molar-refractivity contribution in [3.8, 4) is 11.5 Å². The van der Waals surface area contributed by atoms with E-state index in [1.807, 2.05) is 4.90 Å². The Hall–Kier alpha value is -1.42. The van der Waals surface area contributed by atoms with E-state index in [4.69, 9.17) is 21.1 Å². The fourth-order valence-electron chi connectivity index (χ4n) is 2.41. The van der Waals surface area contributed by atoms with E-state index < -0.39 is 0 Å². The minimum absolute atomic E-state index is 0.0422. The van der Waals surface area contributed by atoms with Crippen molar-refractivity contribution in [1.82, 2.24) is 4.90 Å². The molecule has 1 amide bonds. The average molecular weight is 282 g/mol. The quantitative estimate of drug-likeness (QED) is 0.742. The highest BCUT2D eigenvalue weighted by atomic mass is 35.5. The van der Waals surface area contributed by atoms with Crippen LogP contribution in [0.1, 0.15) is 23.2 Å². The molecular formula is C14H16ClNO3. The van der Waals surface area contributed by atoms with Gasteiger partial charge in [-0.2, -0.15) is 0 Å². The van der Waals surface area contributed by atoms with Crippen molar-refractivity contribution in [3.63, 3.8) is 0 Å². The number of alkyl halides is 1. The molecule has 1 saturated heterocycles. The van der Waals surface area contributed by atoms with Crippen molar-refractivity contribution >= 4 is 17.5 Å². The number of piperidine rings is 1. The van der Waals surface area contributed by atoms with Gasteiger partial charge in [0.15, 0.2) is 11.5 Å². The predicted molar refractivity (Wildman–Crippen MR) is 72.2 cm³/mol. The Balaban J connectivity index is 1.76. The lowest BCUT2D eigenvalue weighted by atomic mass is 10.1. The summed E-state index contributed by atoms with van der Waals surface area (Å²) in [5.41, 5.74) is 0.650. The van der Waals surface area contributed by atoms with Crippen LogP contribution in [0.25, 0.3) is 0 Å². The molecule has 0 spiro atoms. The Labute approximate surface area is 117 Å². The Morgan fingerprint density at radius 1 is 1.16 bits per heavy atom. The summed E-state index contributed by atoms with van der Waals surface area (Å²) in [6.45, 7) is 2.54. The molecule has 2 aliphatic heterocycles. The topological polar surface area (TPSA) is 38.8 Å². The van der Waals surface area contributed by atoms with Gasteiger partial charge in [-0.25, -0.2) is 0 Å². The van der Waals surface area contributed by atoms with Crippen molar-refractivity contribution in [1.29, 1.82) is 0 Å². The smallest absolute Gasteiger partial charge is 0.253 e. The molecule has 1 fully saturated rings. The summed E-state index contributed by atoms with van der Waals surface area (Å²) in [5.74, 6) is 1.41. The molecule has 1 aromatic rings. The van der Waals surface area contributed by atoms with E-state index in [-0.39, 0.29) is 11.3 Å². The van der Waals surface area contributed by atoms with Gasteiger partial charge in [-0.05, 0) is 31.0 Å². The molecule has 0 radical (unpaired) electrons. The molecule has 0 aromatic heterocycles. The number of likely N-dealkylation sites (tertiary alicyclic amines) is 1. The van der Waals surface area contributed by atoms with Crippen LogP contribution in [-0.2, 0) is 0 Å². The highest BCUT2D eigenvalue weighted by Crippen LogP contribution is 2.31. The van der Waals surface area contributed by atoms with Crippen LogP contribution < -0.4 is 9.47 Å². The Kier molecular flexibility index (Phi) is 3.51. The highest BCUT2D eigenvalue weighted by Gasteiger charge is 2.23. The van der Waals surface area contributed by atoms with Gasteiger partial charge in [-0.15, -0.1) is 11.6 Å². The number of carbonyl (C=O) groups is 1. The standard InChI is InChI=1S/C14H16ClNO3/c15-11-3-5-16(6-4-11)14(17)10-1-2-12-13(9-10)19-8-7-18-12/h1-2,9,11H,3-8H2. The molecule has 3 rings (SSSR count). The molecule has 0 bridgehead atoms. The Morgan fingerprint density at radius 3 is 2.58 bits per heavy atom. The second-order valence-electron chi connectivity index (χ2n) is 4.83. The van der Waals surface area contributed by atoms with Gasteiger partial charge in [-0.1, -0.05) is 0 Å². The number of fused-ring (bicyclic) bond motifs is 1. The number of rotatable bonds is 1. The third-order valence-corrected chi connectivity index (χ3v) is 3.94. The molecule has 0 saturated carbocycles. The SMILES string of the molecule is O=C(c1ccc2c(c1)OCCO2)N1CCC(Cl)CC1. The highest BCUT2D eigenvalue weighted by molar-refractivity contribution is 6.20. The molecule has 4 nitrogen and oxygen atoms in total. The zero-order valence-corrected chi connectivity index (χ0v) is 11.4. The van der Waals surface area contributed by atoms with E-state index in [1.54, 1.807) is 18.2 Å². The Bertz CT molecular complexity index is 484. The predicted octanol–water partition coefficient (Wildman–Crippen LogP) is 2.30. The third-order valence-electron chi connectivity index (χ3n) is 3.50. The summed E-state index contributed by atoms with van der Waals surface area (Å²) in [6, 6.07) is 5.36. The van der Waals surface area contributed by atoms with Gasteiger partial charge in [0.1, 0.15) is 13.2 Å². The fraction of sp³-hybridized carbons (Fsp3) is 0.500. The van der Waals surface area contributed by atoms with Crippen LogP contribution in [0.2, 0.25) is 0 Å². The van der Waals surface area contributed by atoms with Crippen LogP contribution in [0.4, 0.5) is 0 Å². The number of halogens is 1. The average Bonchev–Trinajstić information content (AvgIpc) is 2.47. The number of benzene rings is 1. The lowest BCUT2D eigenvalue weighted by Gasteiger charge is -2.29. The summed E-state index contributed by atoms with van der Waals surface area (Å²) in [5, 5.41) is 0.198. The summed E-state index contributed by atoms with van der Waals surface area (Å²) in [6.07, 6.45) is 1.72. The summed E-state index contributed by atoms with van der Waals surface area (Å²) >= 11 is 6.05. The zero-order valence-electron chi connectivity index (χ0n) is 10.6. The van der Waals surface area contributed by atoms with Crippen LogP contribution in [0.3, 0.4) is 0 Å². The maximum absolute atomic E-state index is 12.4. The molecular weight excluding hydrogens is 266 g/mol. The van der Waals surface area contributed by atoms with Gasteiger partial charge in [0.25, 0.3) is 5.91 Å². The van der Waals surface area contributed by atoms with E-state index in [0.717, 1.165) is 25.9 Å². The third kappa shape index (κ3) is 2.63. The summed E-state index contributed by atoms with van der Waals surface area (Å²) in [4.78, 5) is 14.2. The lowest BCUT2D eigenvalue weighted by molar-refractivity contribution is 0.0725. The summed E-state index contributed by atoms with van der Waals surface area (Å²) < 4.78 is 11.0. The minimum atomic E-state index is 0.0422. The largest absolute Gasteiger partial charge is 0.486 e. The number of carbonyl (C=O) groups excluding carboxylic acids is 1. The van der Waals surface area contributed by atoms with Crippen molar-refractivity contribution in [2.45, 2.75) is 18.2 Å². The van der Waals surface area contributed by atoms with Gasteiger partial charge in [0, 0.05) is 24.0 Å². The molecule has 0 unspecified atom stereocenters. The second kappa shape index (κ2) is 5.29. The zero-order chi connectivity index (χ0) is 13.2. The van der Waals surface area contributed by atoms with Crippen molar-refractivity contribution < 1.29 is 14.3 Å². The van der Waals surface area contributed by atoms with Crippen LogP contribution >= 0.6 is 11.6 Å². The number of nitrogens with zero attached hydrogens (tertiary/aromatic N) is 1. The minimum Gasteiger partial charge on any atom is -0.486 e. The van der Waals surface area contributed by atoms with E-state index in [0.29, 0.717) is 30.3 Å². The molecule has 19 heavy (non-hydrogen) atoms. The molecule has 0 aliphatic carbocycles. The maximum Gasteiger partial charge on any atom is 0.253 e. The van der Waals surface area contributed by atoms with Crippen LogP contribution in [-0.4, -0.2) is 42.5 Å². The molecule has 2 aliphatic rings. The molecule has 5 heteroatoms. The van der Waals surface area contributed by atoms with Gasteiger partial charge in [0.05, 0.1) is 0 Å². The van der Waals surface area contributed by atoms with E-state index in [1.165, 1.54) is 0 Å². The molecule has 0 N–H and O–H groups in total. The molecule has 0 atom stereocenters. The second-order valence-corrected chi connectivity index (χ2v) is 5.44. The first-order chi connectivity index (χ1) is 9.24. The van der Waals surface area contributed by atoms with Gasteiger partial charge >= 0.3 is 0 Å². The van der Waals surface area contributed by atoms with Gasteiger partial charge in [-0.3, -0.25) is 4.79 Å². The van der Waals surface area contributed by atoms with Crippen molar-refractivity contribution in [3.05, 3.63) is 23.8 Å².